The molecule has 0 amide bonds. The Balaban J connectivity index is 0.00000162. The molecule has 2 rings (SSSR count). The van der Waals surface area contributed by atoms with Gasteiger partial charge in [0.2, 0.25) is 0 Å². The predicted molar refractivity (Wildman–Crippen MR) is 76.4 cm³/mol. The van der Waals surface area contributed by atoms with E-state index >= 15 is 0 Å². The Kier molecular flexibility index (Phi) is 8.83. The first-order valence-electron chi connectivity index (χ1n) is 6.63. The molecule has 0 saturated heterocycles. The van der Waals surface area contributed by atoms with Gasteiger partial charge < -0.3 is 24.8 Å². The molecule has 0 aromatic heterocycles. The van der Waals surface area contributed by atoms with Crippen LogP contribution >= 0.6 is 0 Å². The first-order chi connectivity index (χ1) is 8.02. The molecule has 19 heavy (non-hydrogen) atoms. The Morgan fingerprint density at radius 2 is 1.63 bits per heavy atom. The van der Waals surface area contributed by atoms with Crippen molar-refractivity contribution in [2.45, 2.75) is 45.1 Å². The molecule has 0 saturated carbocycles. The van der Waals surface area contributed by atoms with Gasteiger partial charge in [0.25, 0.3) is 0 Å². The minimum Gasteiger partial charge on any atom is -1.00 e. The fourth-order valence-corrected chi connectivity index (χ4v) is 51.2. The van der Waals surface area contributed by atoms with E-state index in [2.05, 4.69) is 50.5 Å². The summed E-state index contributed by atoms with van der Waals surface area (Å²) in [5.74, 6) is 5.28. The van der Waals surface area contributed by atoms with E-state index in [0.717, 1.165) is 0 Å². The van der Waals surface area contributed by atoms with E-state index in [1.54, 1.807) is 16.7 Å². The second-order valence-electron chi connectivity index (χ2n) is 5.53. The summed E-state index contributed by atoms with van der Waals surface area (Å²) in [6, 6.07) is 0. The Morgan fingerprint density at radius 1 is 1.00 bits per heavy atom. The van der Waals surface area contributed by atoms with Crippen molar-refractivity contribution in [2.75, 3.05) is 0 Å². The zero-order chi connectivity index (χ0) is 12.6. The van der Waals surface area contributed by atoms with Crippen molar-refractivity contribution in [1.82, 2.24) is 0 Å². The van der Waals surface area contributed by atoms with Crippen LogP contribution in [0.2, 0.25) is 11.5 Å². The molecule has 0 heterocycles. The fourth-order valence-electron chi connectivity index (χ4n) is 2.93. The van der Waals surface area contributed by atoms with Crippen molar-refractivity contribution in [1.29, 1.82) is 0 Å². The minimum absolute atomic E-state index is 0. The van der Waals surface area contributed by atoms with Crippen LogP contribution in [0.3, 0.4) is 0 Å². The normalized spacial score (nSPS) is 17.7. The number of hydrogen-bond acceptors (Lipinski definition) is 0. The van der Waals surface area contributed by atoms with Gasteiger partial charge in [0.15, 0.2) is 0 Å². The first-order valence-corrected chi connectivity index (χ1v) is 27.1. The molecule has 2 aliphatic carbocycles. The van der Waals surface area contributed by atoms with E-state index in [9.17, 15) is 0 Å². The minimum atomic E-state index is -1.57. The van der Waals surface area contributed by atoms with E-state index in [4.69, 9.17) is 0 Å². The third-order valence-electron chi connectivity index (χ3n) is 4.05. The summed E-state index contributed by atoms with van der Waals surface area (Å²) in [6.07, 6.45) is 9.84. The number of rotatable bonds is 3. The molecule has 105 valence electrons. The molecule has 0 bridgehead atoms. The van der Waals surface area contributed by atoms with Gasteiger partial charge in [0, 0.05) is 0 Å². The molecule has 0 radical (unpaired) electrons. The third-order valence-corrected chi connectivity index (χ3v) is 48.9. The molecule has 2 aliphatic rings. The van der Waals surface area contributed by atoms with Crippen LogP contribution in [-0.2, 0) is 19.0 Å². The van der Waals surface area contributed by atoms with Crippen LogP contribution in [0.4, 0.5) is 0 Å². The Bertz CT molecular complexity index is 459. The van der Waals surface area contributed by atoms with Crippen molar-refractivity contribution in [3.63, 3.8) is 0 Å². The maximum Gasteiger partial charge on any atom is -1.00 e. The molecule has 0 spiro atoms. The summed E-state index contributed by atoms with van der Waals surface area (Å²) in [7, 11) is -0.956. The van der Waals surface area contributed by atoms with Crippen molar-refractivity contribution in [2.24, 2.45) is 0 Å². The third kappa shape index (κ3) is 4.21. The van der Waals surface area contributed by atoms with Gasteiger partial charge in [-0.3, -0.25) is 0 Å². The topological polar surface area (TPSA) is 0 Å². The summed E-state index contributed by atoms with van der Waals surface area (Å²) < 4.78 is 3.91. The summed E-state index contributed by atoms with van der Waals surface area (Å²) >= 11 is -1.57. The van der Waals surface area contributed by atoms with E-state index < -0.39 is 29.6 Å². The van der Waals surface area contributed by atoms with Gasteiger partial charge in [-0.1, -0.05) is 0 Å². The summed E-state index contributed by atoms with van der Waals surface area (Å²) in [6.45, 7) is 7.02. The molecule has 0 aromatic rings. The van der Waals surface area contributed by atoms with Crippen molar-refractivity contribution >= 4 is 10.6 Å². The van der Waals surface area contributed by atoms with Crippen LogP contribution in [0.15, 0.2) is 41.6 Å². The zero-order valence-corrected chi connectivity index (χ0v) is 20.0. The zero-order valence-electron chi connectivity index (χ0n) is 12.5. The van der Waals surface area contributed by atoms with Gasteiger partial charge in [0.1, 0.15) is 0 Å². The molecule has 0 fully saturated rings. The average Bonchev–Trinajstić information content (AvgIpc) is 2.80. The van der Waals surface area contributed by atoms with Crippen LogP contribution in [0.5, 0.6) is 0 Å². The monoisotopic (exact) mass is 527 g/mol. The summed E-state index contributed by atoms with van der Waals surface area (Å²) in [5, 5.41) is 0. The predicted octanol–water partition coefficient (Wildman–Crippen LogP) is -1.55. The second-order valence-corrected chi connectivity index (χ2v) is 49.2. The van der Waals surface area contributed by atoms with E-state index in [1.807, 2.05) is 6.66 Å². The molecule has 0 unspecified atom stereocenters. The first kappa shape index (κ1) is 20.0. The Morgan fingerprint density at radius 3 is 2.00 bits per heavy atom. The SMILES string of the molecule is CC1=CC[C]([Hf+2]([C]2=C(C)C=CC2)[GeH]([CH3])[CH3])=C1C.[Cl-].[Cl-]. The molecule has 0 nitrogen and oxygen atoms in total. The molecular formula is C15H23Cl2GeHf. The Hall–Kier alpha value is 0.953. The van der Waals surface area contributed by atoms with Crippen LogP contribution in [0, 0.1) is 0 Å². The quantitative estimate of drug-likeness (QED) is 0.392. The van der Waals surface area contributed by atoms with E-state index in [1.165, 1.54) is 12.8 Å². The maximum atomic E-state index is 2.64. The van der Waals surface area contributed by atoms with Gasteiger partial charge >= 0.3 is 116 Å². The number of hydrogen-bond donors (Lipinski definition) is 0. The smallest absolute Gasteiger partial charge is 1.00 e. The number of halogens is 2. The molecule has 4 heteroatoms. The van der Waals surface area contributed by atoms with E-state index in [-0.39, 0.29) is 24.8 Å². The summed E-state index contributed by atoms with van der Waals surface area (Å²) in [4.78, 5) is 0. The van der Waals surface area contributed by atoms with Crippen molar-refractivity contribution in [3.8, 4) is 0 Å². The maximum absolute atomic E-state index is 2.64. The van der Waals surface area contributed by atoms with Crippen LogP contribution in [0.1, 0.15) is 33.6 Å². The molecule has 0 aliphatic heterocycles. The van der Waals surface area contributed by atoms with Gasteiger partial charge in [-0.05, 0) is 0 Å². The van der Waals surface area contributed by atoms with Crippen molar-refractivity contribution in [3.05, 3.63) is 41.6 Å². The molecular weight excluding hydrogens is 502 g/mol. The molecule has 0 atom stereocenters. The second kappa shape index (κ2) is 8.41. The van der Waals surface area contributed by atoms with Crippen LogP contribution in [-0.4, -0.2) is 10.6 Å². The van der Waals surface area contributed by atoms with Gasteiger partial charge in [-0.2, -0.15) is 0 Å². The molecule has 0 N–H and O–H groups in total. The largest absolute Gasteiger partial charge is 1.00 e. The van der Waals surface area contributed by atoms with E-state index in [0.29, 0.717) is 0 Å². The van der Waals surface area contributed by atoms with Crippen LogP contribution < -0.4 is 24.8 Å². The number of allylic oxidation sites excluding steroid dienone is 8. The van der Waals surface area contributed by atoms with Crippen molar-refractivity contribution < 1.29 is 43.8 Å². The van der Waals surface area contributed by atoms with Gasteiger partial charge in [-0.25, -0.2) is 0 Å². The fraction of sp³-hybridized carbons (Fsp3) is 0.467. The van der Waals surface area contributed by atoms with Gasteiger partial charge in [0.05, 0.1) is 0 Å². The standard InChI is InChI=1S/C7H9.C6H7.C2H7Ge.2ClH.Hf/c1-6-4-3-5-7(6)2;1-6-4-2-3-5-6;1-3-2;;;/h4H,3H2,1-2H3;2,4H,3H2,1H3;3H,1-2H3;2*1H;/q;;;;;+2/p-2. The Labute approximate surface area is 140 Å². The average molecular weight is 525 g/mol. The molecule has 0 aromatic carbocycles. The summed E-state index contributed by atoms with van der Waals surface area (Å²) in [5.41, 5.74) is 4.88. The van der Waals surface area contributed by atoms with Crippen LogP contribution in [0.25, 0.3) is 0 Å². The van der Waals surface area contributed by atoms with Gasteiger partial charge in [-0.15, -0.1) is 0 Å².